The number of allylic oxidation sites excluding steroid dienone is 1. The van der Waals surface area contributed by atoms with Crippen LogP contribution < -0.4 is 11.1 Å². The fraction of sp³-hybridized carbons (Fsp3) is 0.885. The van der Waals surface area contributed by atoms with Crippen molar-refractivity contribution in [3.05, 3.63) is 12.2 Å². The summed E-state index contributed by atoms with van der Waals surface area (Å²) in [5.41, 5.74) is 4.76. The molecule has 1 aliphatic carbocycles. The number of carbonyl (C=O) groups excluding carboxylic acids is 1. The monoisotopic (exact) mass is 528 g/mol. The molecule has 3 aliphatic heterocycles. The Hall–Kier alpha value is -0.720. The summed E-state index contributed by atoms with van der Waals surface area (Å²) in [7, 11) is 0. The van der Waals surface area contributed by atoms with E-state index in [9.17, 15) is 25.2 Å². The summed E-state index contributed by atoms with van der Waals surface area (Å²) in [4.78, 5) is 13.7. The first-order valence-electron chi connectivity index (χ1n) is 13.5. The zero-order valence-electron chi connectivity index (χ0n) is 21.4. The smallest absolute Gasteiger partial charge is 0.243 e. The lowest BCUT2D eigenvalue weighted by Crippen LogP contribution is -2.67. The van der Waals surface area contributed by atoms with Gasteiger partial charge >= 0.3 is 0 Å². The highest BCUT2D eigenvalue weighted by molar-refractivity contribution is 8.00. The average Bonchev–Trinajstić information content (AvgIpc) is 3.02. The van der Waals surface area contributed by atoms with E-state index in [-0.39, 0.29) is 29.8 Å². The first-order valence-corrected chi connectivity index (χ1v) is 14.4. The number of rotatable bonds is 5. The van der Waals surface area contributed by atoms with Crippen molar-refractivity contribution in [1.82, 2.24) is 5.32 Å². The molecule has 2 bridgehead atoms. The minimum Gasteiger partial charge on any atom is -0.395 e. The molecule has 10 heteroatoms. The van der Waals surface area contributed by atoms with Gasteiger partial charge < -0.3 is 41.0 Å². The molecule has 4 aliphatic rings. The number of aliphatic hydroxyl groups excluding tert-OH is 4. The Morgan fingerprint density at radius 3 is 2.64 bits per heavy atom. The minimum atomic E-state index is -1.44. The van der Waals surface area contributed by atoms with Gasteiger partial charge in [-0.15, -0.1) is 11.8 Å². The third kappa shape index (κ3) is 5.96. The molecule has 2 saturated heterocycles. The van der Waals surface area contributed by atoms with Gasteiger partial charge in [0.1, 0.15) is 35.4 Å². The highest BCUT2D eigenvalue weighted by Gasteiger charge is 2.54. The van der Waals surface area contributed by atoms with E-state index in [1.165, 1.54) is 11.8 Å². The molecule has 4 rings (SSSR count). The number of hydrogen-bond donors (Lipinski definition) is 6. The zero-order valence-corrected chi connectivity index (χ0v) is 22.2. The van der Waals surface area contributed by atoms with E-state index >= 15 is 0 Å². The molecular formula is C26H44N2O7S. The van der Waals surface area contributed by atoms with Crippen molar-refractivity contribution in [2.75, 3.05) is 13.2 Å². The molecule has 9 nitrogen and oxygen atoms in total. The molecule has 0 aromatic rings. The van der Waals surface area contributed by atoms with Crippen LogP contribution in [-0.4, -0.2) is 92.3 Å². The summed E-state index contributed by atoms with van der Waals surface area (Å²) < 4.78 is 12.3. The summed E-state index contributed by atoms with van der Waals surface area (Å²) >= 11 is 1.22. The second-order valence-electron chi connectivity index (χ2n) is 11.6. The van der Waals surface area contributed by atoms with Crippen LogP contribution in [0.4, 0.5) is 0 Å². The standard InChI is InChI=1S/C26H44N2O7S/c1-14(2)11-15-8-10-34-23-16(12-15)7-9-26(23,27)25(33)28-18-6-4-3-5-17(13-29)36-24-21(32)19(30)20(31)22(18)35-24/h3-4,14-24,29-32H,5-13,27H2,1-2H3,(H,28,33)/b4-3-/t15-,16+,17-,18+,19?,20?,21?,22?,23+,24?,26+/m0/s1. The van der Waals surface area contributed by atoms with E-state index < -0.39 is 41.4 Å². The van der Waals surface area contributed by atoms with Crippen molar-refractivity contribution in [3.63, 3.8) is 0 Å². The average molecular weight is 529 g/mol. The van der Waals surface area contributed by atoms with Crippen LogP contribution in [0.2, 0.25) is 0 Å². The Morgan fingerprint density at radius 1 is 1.17 bits per heavy atom. The molecule has 3 heterocycles. The predicted molar refractivity (Wildman–Crippen MR) is 137 cm³/mol. The first kappa shape index (κ1) is 28.3. The highest BCUT2D eigenvalue weighted by Crippen LogP contribution is 2.43. The van der Waals surface area contributed by atoms with E-state index in [2.05, 4.69) is 19.2 Å². The van der Waals surface area contributed by atoms with E-state index in [4.69, 9.17) is 15.2 Å². The lowest BCUT2D eigenvalue weighted by atomic mass is 9.84. The molecule has 0 spiro atoms. The van der Waals surface area contributed by atoms with E-state index in [1.807, 2.05) is 12.2 Å². The van der Waals surface area contributed by atoms with Gasteiger partial charge in [0.05, 0.1) is 18.8 Å². The van der Waals surface area contributed by atoms with Crippen LogP contribution in [0.5, 0.6) is 0 Å². The van der Waals surface area contributed by atoms with Crippen LogP contribution >= 0.6 is 11.8 Å². The third-order valence-electron chi connectivity index (χ3n) is 8.36. The largest absolute Gasteiger partial charge is 0.395 e. The SMILES string of the molecule is CC(C)C[C@@H]1CCO[C@@H]2[C@H](CC[C@]2(N)C(=O)N[C@@H]2C/C=C\C[C@@H](CO)SC3OC2C(O)C(O)C3O)C1. The van der Waals surface area contributed by atoms with Crippen LogP contribution in [0.15, 0.2) is 12.2 Å². The fourth-order valence-corrected chi connectivity index (χ4v) is 7.65. The maximum Gasteiger partial charge on any atom is 0.243 e. The van der Waals surface area contributed by atoms with Crippen LogP contribution in [0.1, 0.15) is 58.8 Å². The Bertz CT molecular complexity index is 785. The molecule has 1 saturated carbocycles. The highest BCUT2D eigenvalue weighted by atomic mass is 32.2. The Balaban J connectivity index is 1.50. The summed E-state index contributed by atoms with van der Waals surface area (Å²) in [6, 6.07) is -0.654. The van der Waals surface area contributed by atoms with Gasteiger partial charge in [0.2, 0.25) is 5.91 Å². The van der Waals surface area contributed by atoms with E-state index in [0.29, 0.717) is 37.7 Å². The van der Waals surface area contributed by atoms with Gasteiger partial charge in [-0.3, -0.25) is 4.79 Å². The van der Waals surface area contributed by atoms with Gasteiger partial charge in [0, 0.05) is 11.9 Å². The molecule has 206 valence electrons. The van der Waals surface area contributed by atoms with Crippen molar-refractivity contribution in [3.8, 4) is 0 Å². The van der Waals surface area contributed by atoms with Gasteiger partial charge in [-0.2, -0.15) is 0 Å². The predicted octanol–water partition coefficient (Wildman–Crippen LogP) is 0.672. The summed E-state index contributed by atoms with van der Waals surface area (Å²) in [5, 5.41) is 44.3. The molecule has 1 amide bonds. The van der Waals surface area contributed by atoms with Crippen LogP contribution in [-0.2, 0) is 14.3 Å². The molecule has 3 fully saturated rings. The second-order valence-corrected chi connectivity index (χ2v) is 13.0. The van der Waals surface area contributed by atoms with Crippen molar-refractivity contribution in [2.24, 2.45) is 23.5 Å². The lowest BCUT2D eigenvalue weighted by Gasteiger charge is -2.45. The summed E-state index contributed by atoms with van der Waals surface area (Å²) in [6.45, 7) is 4.95. The molecule has 0 aromatic heterocycles. The Labute approximate surface area is 218 Å². The summed E-state index contributed by atoms with van der Waals surface area (Å²) in [6.07, 6.45) is 3.77. The number of thioether (sulfide) groups is 1. The second kappa shape index (κ2) is 12.0. The van der Waals surface area contributed by atoms with Gasteiger partial charge in [-0.05, 0) is 62.7 Å². The quantitative estimate of drug-likeness (QED) is 0.283. The molecule has 11 atom stereocenters. The van der Waals surface area contributed by atoms with E-state index in [1.54, 1.807) is 0 Å². The number of aliphatic hydroxyl groups is 4. The van der Waals surface area contributed by atoms with Crippen LogP contribution in [0.3, 0.4) is 0 Å². The maximum atomic E-state index is 13.7. The van der Waals surface area contributed by atoms with Crippen molar-refractivity contribution in [2.45, 2.75) is 112 Å². The van der Waals surface area contributed by atoms with Gasteiger partial charge in [0.25, 0.3) is 0 Å². The van der Waals surface area contributed by atoms with Gasteiger partial charge in [-0.1, -0.05) is 26.0 Å². The Morgan fingerprint density at radius 2 is 1.92 bits per heavy atom. The minimum absolute atomic E-state index is 0.110. The number of nitrogens with two attached hydrogens (primary N) is 1. The molecular weight excluding hydrogens is 484 g/mol. The summed E-state index contributed by atoms with van der Waals surface area (Å²) in [5.74, 6) is 1.09. The number of fused-ring (bicyclic) bond motifs is 3. The van der Waals surface area contributed by atoms with Crippen molar-refractivity contribution >= 4 is 17.7 Å². The molecule has 0 aromatic carbocycles. The van der Waals surface area contributed by atoms with Crippen LogP contribution in [0, 0.1) is 17.8 Å². The Kier molecular flexibility index (Phi) is 9.42. The zero-order chi connectivity index (χ0) is 26.0. The first-order chi connectivity index (χ1) is 17.1. The number of ether oxygens (including phenoxy) is 2. The van der Waals surface area contributed by atoms with Gasteiger partial charge in [-0.25, -0.2) is 0 Å². The molecule has 7 N–H and O–H groups in total. The van der Waals surface area contributed by atoms with Gasteiger partial charge in [0.15, 0.2) is 0 Å². The topological polar surface area (TPSA) is 154 Å². The number of hydrogen-bond acceptors (Lipinski definition) is 9. The third-order valence-corrected chi connectivity index (χ3v) is 9.74. The van der Waals surface area contributed by atoms with Crippen molar-refractivity contribution < 1.29 is 34.7 Å². The molecule has 36 heavy (non-hydrogen) atoms. The normalized spacial score (nSPS) is 46.6. The lowest BCUT2D eigenvalue weighted by molar-refractivity contribution is -0.205. The van der Waals surface area contributed by atoms with Crippen LogP contribution in [0.25, 0.3) is 0 Å². The number of amides is 1. The van der Waals surface area contributed by atoms with Crippen molar-refractivity contribution in [1.29, 1.82) is 0 Å². The number of nitrogens with one attached hydrogen (secondary N) is 1. The fourth-order valence-electron chi connectivity index (χ4n) is 6.45. The maximum absolute atomic E-state index is 13.7. The van der Waals surface area contributed by atoms with E-state index in [0.717, 1.165) is 25.7 Å². The number of carbonyl (C=O) groups is 1. The molecule has 0 radical (unpaired) electrons. The molecule has 5 unspecified atom stereocenters.